The number of rotatable bonds is 14. The Labute approximate surface area is 255 Å². The fourth-order valence-electron chi connectivity index (χ4n) is 6.61. The molecular weight excluding hydrogens is 508 g/mol. The van der Waals surface area contributed by atoms with Crippen LogP contribution in [-0.2, 0) is 0 Å². The third kappa shape index (κ3) is 7.85. The van der Waals surface area contributed by atoms with E-state index in [0.29, 0.717) is 17.8 Å². The number of hydrogen-bond donors (Lipinski definition) is 2. The molecule has 0 fully saturated rings. The van der Waals surface area contributed by atoms with Crippen molar-refractivity contribution < 1.29 is 0 Å². The van der Waals surface area contributed by atoms with Crippen molar-refractivity contribution in [3.8, 4) is 0 Å². The molecule has 2 atom stereocenters. The molecule has 0 aliphatic rings. The predicted molar refractivity (Wildman–Crippen MR) is 184 cm³/mol. The van der Waals surface area contributed by atoms with Crippen LogP contribution in [0.1, 0.15) is 134 Å². The third-order valence-electron chi connectivity index (χ3n) is 9.21. The van der Waals surface area contributed by atoms with Gasteiger partial charge in [0.05, 0.1) is 0 Å². The first-order valence-corrected chi connectivity index (χ1v) is 16.2. The van der Waals surface area contributed by atoms with Gasteiger partial charge < -0.3 is 11.5 Å². The molecule has 0 aliphatic heterocycles. The van der Waals surface area contributed by atoms with Crippen molar-refractivity contribution >= 4 is 11.4 Å². The molecular formula is C40H52N2. The van der Waals surface area contributed by atoms with Gasteiger partial charge >= 0.3 is 0 Å². The highest BCUT2D eigenvalue weighted by molar-refractivity contribution is 5.49. The van der Waals surface area contributed by atoms with E-state index in [0.717, 1.165) is 11.4 Å². The van der Waals surface area contributed by atoms with E-state index in [1.165, 1.54) is 95.9 Å². The van der Waals surface area contributed by atoms with E-state index in [-0.39, 0.29) is 0 Å². The van der Waals surface area contributed by atoms with Crippen molar-refractivity contribution in [3.05, 3.63) is 129 Å². The second-order valence-electron chi connectivity index (χ2n) is 12.4. The fraction of sp³-hybridized carbons (Fsp3) is 0.400. The fourth-order valence-corrected chi connectivity index (χ4v) is 6.61. The topological polar surface area (TPSA) is 52.0 Å². The van der Waals surface area contributed by atoms with Crippen molar-refractivity contribution in [3.63, 3.8) is 0 Å². The molecule has 0 radical (unpaired) electrons. The summed E-state index contributed by atoms with van der Waals surface area (Å²) in [5, 5.41) is 0. The molecule has 2 nitrogen and oxygen atoms in total. The zero-order valence-electron chi connectivity index (χ0n) is 26.6. The number of benzene rings is 4. The molecule has 0 spiro atoms. The summed E-state index contributed by atoms with van der Waals surface area (Å²) < 4.78 is 0. The Morgan fingerprint density at radius 2 is 0.857 bits per heavy atom. The van der Waals surface area contributed by atoms with Gasteiger partial charge in [0.25, 0.3) is 0 Å². The highest BCUT2D eigenvalue weighted by atomic mass is 14.5. The first-order valence-electron chi connectivity index (χ1n) is 16.2. The van der Waals surface area contributed by atoms with Crippen LogP contribution < -0.4 is 11.5 Å². The van der Waals surface area contributed by atoms with Crippen LogP contribution in [-0.4, -0.2) is 0 Å². The summed E-state index contributed by atoms with van der Waals surface area (Å²) in [6.07, 6.45) is 9.84. The first kappa shape index (κ1) is 31.4. The van der Waals surface area contributed by atoms with E-state index in [1.807, 2.05) is 0 Å². The lowest BCUT2D eigenvalue weighted by atomic mass is 9.82. The summed E-state index contributed by atoms with van der Waals surface area (Å²) in [7, 11) is 0. The molecule has 4 aromatic carbocycles. The maximum Gasteiger partial charge on any atom is 0.0316 e. The minimum Gasteiger partial charge on any atom is -0.399 e. The molecule has 4 rings (SSSR count). The minimum absolute atomic E-state index is 0.335. The van der Waals surface area contributed by atoms with Gasteiger partial charge in [-0.1, -0.05) is 120 Å². The molecule has 0 aliphatic carbocycles. The molecule has 222 valence electrons. The van der Waals surface area contributed by atoms with E-state index in [9.17, 15) is 0 Å². The van der Waals surface area contributed by atoms with Gasteiger partial charge in [0, 0.05) is 29.1 Å². The Morgan fingerprint density at radius 1 is 0.500 bits per heavy atom. The third-order valence-corrected chi connectivity index (χ3v) is 9.21. The molecule has 0 bridgehead atoms. The van der Waals surface area contributed by atoms with Crippen LogP contribution in [0.25, 0.3) is 0 Å². The van der Waals surface area contributed by atoms with E-state index in [1.54, 1.807) is 0 Å². The zero-order chi connectivity index (χ0) is 30.1. The van der Waals surface area contributed by atoms with Crippen LogP contribution in [0.3, 0.4) is 0 Å². The highest BCUT2D eigenvalue weighted by Crippen LogP contribution is 2.36. The summed E-state index contributed by atoms with van der Waals surface area (Å²) in [4.78, 5) is 0. The average molecular weight is 561 g/mol. The molecule has 0 heterocycles. The lowest BCUT2D eigenvalue weighted by Crippen LogP contribution is -2.06. The van der Waals surface area contributed by atoms with Crippen LogP contribution in [0.5, 0.6) is 0 Å². The van der Waals surface area contributed by atoms with Gasteiger partial charge in [0.15, 0.2) is 0 Å². The smallest absolute Gasteiger partial charge is 0.0316 e. The molecule has 2 heteroatoms. The molecule has 42 heavy (non-hydrogen) atoms. The van der Waals surface area contributed by atoms with Crippen LogP contribution >= 0.6 is 0 Å². The summed E-state index contributed by atoms with van der Waals surface area (Å²) in [6, 6.07) is 31.6. The van der Waals surface area contributed by atoms with Gasteiger partial charge in [0.2, 0.25) is 0 Å². The van der Waals surface area contributed by atoms with E-state index >= 15 is 0 Å². The second kappa shape index (κ2) is 15.1. The van der Waals surface area contributed by atoms with Crippen molar-refractivity contribution in [1.29, 1.82) is 0 Å². The first-order chi connectivity index (χ1) is 20.3. The van der Waals surface area contributed by atoms with E-state index in [2.05, 4.69) is 120 Å². The van der Waals surface area contributed by atoms with Gasteiger partial charge in [0.1, 0.15) is 0 Å². The van der Waals surface area contributed by atoms with Crippen molar-refractivity contribution in [2.75, 3.05) is 11.5 Å². The van der Waals surface area contributed by atoms with Crippen LogP contribution in [0.2, 0.25) is 0 Å². The largest absolute Gasteiger partial charge is 0.399 e. The molecule has 4 N–H and O–H groups in total. The summed E-state index contributed by atoms with van der Waals surface area (Å²) in [5.41, 5.74) is 24.8. The maximum atomic E-state index is 6.09. The van der Waals surface area contributed by atoms with Crippen LogP contribution in [0.15, 0.2) is 84.9 Å². The monoisotopic (exact) mass is 560 g/mol. The SMILES string of the molecule is CCCCCC(c1ccc(C(C)c2ccc(C(CCCCC)c3ccc(N)cc3C)cc2)cc1)c1ccc(N)cc1C. The van der Waals surface area contributed by atoms with Crippen LogP contribution in [0.4, 0.5) is 11.4 Å². The minimum atomic E-state index is 0.335. The predicted octanol–water partition coefficient (Wildman–Crippen LogP) is 11.0. The van der Waals surface area contributed by atoms with E-state index < -0.39 is 0 Å². The van der Waals surface area contributed by atoms with Crippen molar-refractivity contribution in [2.24, 2.45) is 0 Å². The number of nitrogen functional groups attached to an aromatic ring is 2. The molecule has 0 saturated carbocycles. The molecule has 0 aromatic heterocycles. The Hall–Kier alpha value is -3.52. The number of nitrogens with two attached hydrogens (primary N) is 2. The van der Waals surface area contributed by atoms with Gasteiger partial charge in [-0.05, 0) is 95.5 Å². The van der Waals surface area contributed by atoms with Gasteiger partial charge in [-0.15, -0.1) is 0 Å². The van der Waals surface area contributed by atoms with Crippen molar-refractivity contribution in [2.45, 2.75) is 104 Å². The number of hydrogen-bond acceptors (Lipinski definition) is 2. The Kier molecular flexibility index (Phi) is 11.3. The molecule has 0 amide bonds. The molecule has 2 unspecified atom stereocenters. The second-order valence-corrected chi connectivity index (χ2v) is 12.4. The maximum absolute atomic E-state index is 6.09. The van der Waals surface area contributed by atoms with Gasteiger partial charge in [-0.25, -0.2) is 0 Å². The molecule has 0 saturated heterocycles. The van der Waals surface area contributed by atoms with Gasteiger partial charge in [-0.3, -0.25) is 0 Å². The van der Waals surface area contributed by atoms with E-state index in [4.69, 9.17) is 11.5 Å². The quantitative estimate of drug-likeness (QED) is 0.119. The highest BCUT2D eigenvalue weighted by Gasteiger charge is 2.19. The number of anilines is 2. The Bertz CT molecular complexity index is 1290. The lowest BCUT2D eigenvalue weighted by molar-refractivity contribution is 0.616. The Balaban J connectivity index is 1.55. The summed E-state index contributed by atoms with van der Waals surface area (Å²) >= 11 is 0. The number of unbranched alkanes of at least 4 members (excludes halogenated alkanes) is 4. The summed E-state index contributed by atoms with van der Waals surface area (Å²) in [5.74, 6) is 1.14. The van der Waals surface area contributed by atoms with Crippen LogP contribution in [0, 0.1) is 13.8 Å². The Morgan fingerprint density at radius 3 is 1.19 bits per heavy atom. The normalized spacial score (nSPS) is 13.5. The standard InChI is InChI=1S/C40H52N2/c1-6-8-10-12-39(37-24-22-35(41)26-28(37)3)33-18-14-31(15-19-33)30(5)32-16-20-34(21-17-32)40(13-11-9-7-2)38-25-23-36(42)27-29(38)4/h14-27,30,39-40H,6-13,41-42H2,1-5H3. The molecule has 4 aromatic rings. The summed E-state index contributed by atoms with van der Waals surface area (Å²) in [6.45, 7) is 11.3. The zero-order valence-corrected chi connectivity index (χ0v) is 26.6. The average Bonchev–Trinajstić information content (AvgIpc) is 2.99. The van der Waals surface area contributed by atoms with Crippen molar-refractivity contribution in [1.82, 2.24) is 0 Å². The van der Waals surface area contributed by atoms with Gasteiger partial charge in [-0.2, -0.15) is 0 Å². The number of aryl methyl sites for hydroxylation is 2. The lowest BCUT2D eigenvalue weighted by Gasteiger charge is -2.23.